The molecule has 1 aromatic heterocycles. The lowest BCUT2D eigenvalue weighted by atomic mass is 9.82. The Labute approximate surface area is 157 Å². The quantitative estimate of drug-likeness (QED) is 0.651. The Hall–Kier alpha value is -2.21. The third kappa shape index (κ3) is 4.69. The molecule has 0 radical (unpaired) electrons. The molecule has 1 aromatic carbocycles. The molecular formula is C23H29N3. The lowest BCUT2D eigenvalue weighted by molar-refractivity contribution is 0.372. The average Bonchev–Trinajstić information content (AvgIpc) is 2.72. The van der Waals surface area contributed by atoms with E-state index in [0.717, 1.165) is 49.4 Å². The minimum atomic E-state index is 0.226. The summed E-state index contributed by atoms with van der Waals surface area (Å²) >= 11 is 0. The van der Waals surface area contributed by atoms with Crippen LogP contribution in [0.15, 0.2) is 36.7 Å². The molecule has 3 nitrogen and oxygen atoms in total. The molecule has 1 saturated carbocycles. The van der Waals surface area contributed by atoms with Crippen LogP contribution >= 0.6 is 0 Å². The summed E-state index contributed by atoms with van der Waals surface area (Å²) < 4.78 is 0. The van der Waals surface area contributed by atoms with E-state index in [4.69, 9.17) is 5.26 Å². The molecule has 1 aliphatic carbocycles. The van der Waals surface area contributed by atoms with E-state index >= 15 is 0 Å². The van der Waals surface area contributed by atoms with E-state index in [1.807, 2.05) is 12.4 Å². The van der Waals surface area contributed by atoms with E-state index in [1.165, 1.54) is 24.0 Å². The standard InChI is InChI=1S/C23H29N3/c1-3-17(2)4-5-18-6-10-20(11-7-18)22-15-25-23(26-16-22)21-12-8-19(14-24)9-13-21/h6-7,10-11,15-17,19,21H,3-5,8-9,12-13H2,1-2H3/t17?,19-,21-. The molecule has 0 bridgehead atoms. The lowest BCUT2D eigenvalue weighted by Crippen LogP contribution is -2.14. The predicted octanol–water partition coefficient (Wildman–Crippen LogP) is 5.92. The molecule has 1 heterocycles. The number of hydrogen-bond donors (Lipinski definition) is 0. The largest absolute Gasteiger partial charge is 0.240 e. The topological polar surface area (TPSA) is 49.6 Å². The molecule has 3 heteroatoms. The second-order valence-electron chi connectivity index (χ2n) is 7.76. The van der Waals surface area contributed by atoms with Crippen molar-refractivity contribution < 1.29 is 0 Å². The first kappa shape index (κ1) is 18.6. The number of aryl methyl sites for hydroxylation is 1. The number of aromatic nitrogens is 2. The summed E-state index contributed by atoms with van der Waals surface area (Å²) in [5, 5.41) is 9.02. The molecule has 0 N–H and O–H groups in total. The monoisotopic (exact) mass is 347 g/mol. The highest BCUT2D eigenvalue weighted by Gasteiger charge is 2.23. The first-order chi connectivity index (χ1) is 12.7. The van der Waals surface area contributed by atoms with Crippen LogP contribution in [0.3, 0.4) is 0 Å². The third-order valence-corrected chi connectivity index (χ3v) is 5.86. The highest BCUT2D eigenvalue weighted by Crippen LogP contribution is 2.34. The van der Waals surface area contributed by atoms with Crippen molar-refractivity contribution in [3.63, 3.8) is 0 Å². The van der Waals surface area contributed by atoms with Gasteiger partial charge in [-0.3, -0.25) is 0 Å². The van der Waals surface area contributed by atoms with Crippen molar-refractivity contribution in [3.05, 3.63) is 48.0 Å². The van der Waals surface area contributed by atoms with Crippen LogP contribution in [0.25, 0.3) is 11.1 Å². The molecule has 2 aromatic rings. The molecule has 1 aliphatic rings. The van der Waals surface area contributed by atoms with E-state index < -0.39 is 0 Å². The Balaban J connectivity index is 1.61. The van der Waals surface area contributed by atoms with Gasteiger partial charge in [0.25, 0.3) is 0 Å². The fourth-order valence-electron chi connectivity index (χ4n) is 3.66. The third-order valence-electron chi connectivity index (χ3n) is 5.86. The minimum Gasteiger partial charge on any atom is -0.240 e. The van der Waals surface area contributed by atoms with Crippen LogP contribution in [-0.4, -0.2) is 9.97 Å². The molecule has 26 heavy (non-hydrogen) atoms. The van der Waals surface area contributed by atoms with Crippen LogP contribution in [0, 0.1) is 23.2 Å². The summed E-state index contributed by atoms with van der Waals surface area (Å²) in [6.07, 6.45) is 11.6. The zero-order valence-corrected chi connectivity index (χ0v) is 16.0. The van der Waals surface area contributed by atoms with Crippen molar-refractivity contribution in [2.24, 2.45) is 11.8 Å². The number of benzene rings is 1. The molecule has 0 saturated heterocycles. The maximum Gasteiger partial charge on any atom is 0.131 e. The van der Waals surface area contributed by atoms with Gasteiger partial charge in [-0.15, -0.1) is 0 Å². The van der Waals surface area contributed by atoms with Crippen LogP contribution < -0.4 is 0 Å². The first-order valence-electron chi connectivity index (χ1n) is 10.0. The molecule has 0 amide bonds. The summed E-state index contributed by atoms with van der Waals surface area (Å²) in [6.45, 7) is 4.58. The maximum absolute atomic E-state index is 9.02. The van der Waals surface area contributed by atoms with Gasteiger partial charge in [0.1, 0.15) is 5.82 Å². The minimum absolute atomic E-state index is 0.226. The smallest absolute Gasteiger partial charge is 0.131 e. The fraction of sp³-hybridized carbons (Fsp3) is 0.522. The number of hydrogen-bond acceptors (Lipinski definition) is 3. The summed E-state index contributed by atoms with van der Waals surface area (Å²) in [4.78, 5) is 9.26. The summed E-state index contributed by atoms with van der Waals surface area (Å²) in [5.74, 6) is 2.37. The summed E-state index contributed by atoms with van der Waals surface area (Å²) in [7, 11) is 0. The SMILES string of the molecule is CCC(C)CCc1ccc(-c2cnc([C@H]3CC[C@H](C#N)CC3)nc2)cc1. The van der Waals surface area contributed by atoms with Crippen LogP contribution in [-0.2, 0) is 6.42 Å². The maximum atomic E-state index is 9.02. The van der Waals surface area contributed by atoms with Gasteiger partial charge in [0, 0.05) is 29.8 Å². The van der Waals surface area contributed by atoms with E-state index in [-0.39, 0.29) is 5.92 Å². The molecule has 0 spiro atoms. The van der Waals surface area contributed by atoms with Crippen molar-refractivity contribution in [1.82, 2.24) is 9.97 Å². The Morgan fingerprint density at radius 1 is 1.04 bits per heavy atom. The van der Waals surface area contributed by atoms with E-state index in [9.17, 15) is 0 Å². The van der Waals surface area contributed by atoms with Gasteiger partial charge in [0.05, 0.1) is 6.07 Å². The van der Waals surface area contributed by atoms with Crippen molar-refractivity contribution in [2.45, 2.75) is 64.7 Å². The Morgan fingerprint density at radius 2 is 1.69 bits per heavy atom. The predicted molar refractivity (Wildman–Crippen MR) is 106 cm³/mol. The lowest BCUT2D eigenvalue weighted by Gasteiger charge is -2.23. The van der Waals surface area contributed by atoms with Crippen molar-refractivity contribution in [3.8, 4) is 17.2 Å². The van der Waals surface area contributed by atoms with Crippen molar-refractivity contribution >= 4 is 0 Å². The highest BCUT2D eigenvalue weighted by atomic mass is 14.9. The molecule has 1 fully saturated rings. The van der Waals surface area contributed by atoms with Gasteiger partial charge in [0.2, 0.25) is 0 Å². The fourth-order valence-corrected chi connectivity index (χ4v) is 3.66. The van der Waals surface area contributed by atoms with Gasteiger partial charge in [-0.2, -0.15) is 5.26 Å². The van der Waals surface area contributed by atoms with Crippen molar-refractivity contribution in [2.75, 3.05) is 0 Å². The average molecular weight is 348 g/mol. The zero-order valence-electron chi connectivity index (χ0n) is 16.0. The van der Waals surface area contributed by atoms with Crippen LogP contribution in [0.4, 0.5) is 0 Å². The highest BCUT2D eigenvalue weighted by molar-refractivity contribution is 5.61. The Bertz CT molecular complexity index is 720. The van der Waals surface area contributed by atoms with Crippen molar-refractivity contribution in [1.29, 1.82) is 5.26 Å². The second kappa shape index (κ2) is 8.94. The van der Waals surface area contributed by atoms with Gasteiger partial charge in [-0.05, 0) is 55.6 Å². The number of rotatable bonds is 6. The van der Waals surface area contributed by atoms with Gasteiger partial charge in [-0.1, -0.05) is 44.5 Å². The van der Waals surface area contributed by atoms with Crippen LogP contribution in [0.2, 0.25) is 0 Å². The van der Waals surface area contributed by atoms with Gasteiger partial charge in [-0.25, -0.2) is 9.97 Å². The first-order valence-corrected chi connectivity index (χ1v) is 10.0. The second-order valence-corrected chi connectivity index (χ2v) is 7.76. The zero-order chi connectivity index (χ0) is 18.4. The molecular weight excluding hydrogens is 318 g/mol. The molecule has 136 valence electrons. The Morgan fingerprint density at radius 3 is 2.27 bits per heavy atom. The van der Waals surface area contributed by atoms with Gasteiger partial charge < -0.3 is 0 Å². The number of nitriles is 1. The van der Waals surface area contributed by atoms with Crippen LogP contribution in [0.1, 0.15) is 69.7 Å². The summed E-state index contributed by atoms with van der Waals surface area (Å²) in [5.41, 5.74) is 3.66. The van der Waals surface area contributed by atoms with E-state index in [0.29, 0.717) is 5.92 Å². The molecule has 1 unspecified atom stereocenters. The molecule has 1 atom stereocenters. The van der Waals surface area contributed by atoms with E-state index in [2.05, 4.69) is 54.2 Å². The van der Waals surface area contributed by atoms with Gasteiger partial charge in [0.15, 0.2) is 0 Å². The molecule has 0 aliphatic heterocycles. The Kier molecular flexibility index (Phi) is 6.39. The van der Waals surface area contributed by atoms with Crippen LogP contribution in [0.5, 0.6) is 0 Å². The van der Waals surface area contributed by atoms with E-state index in [1.54, 1.807) is 0 Å². The summed E-state index contributed by atoms with van der Waals surface area (Å²) in [6, 6.07) is 11.2. The molecule has 3 rings (SSSR count). The van der Waals surface area contributed by atoms with Gasteiger partial charge >= 0.3 is 0 Å². The number of nitrogens with zero attached hydrogens (tertiary/aromatic N) is 3. The normalized spacial score (nSPS) is 21.1.